The molecule has 0 amide bonds. The van der Waals surface area contributed by atoms with Gasteiger partial charge in [-0.15, -0.1) is 0 Å². The minimum Gasteiger partial charge on any atom is -0.316 e. The molecule has 1 N–H and O–H groups in total. The number of hydrogen-bond acceptors (Lipinski definition) is 3. The lowest BCUT2D eigenvalue weighted by molar-refractivity contribution is 0.118. The molecule has 1 unspecified atom stereocenters. The van der Waals surface area contributed by atoms with Crippen molar-refractivity contribution < 1.29 is 0 Å². The summed E-state index contributed by atoms with van der Waals surface area (Å²) in [6.45, 7) is 8.63. The van der Waals surface area contributed by atoms with E-state index < -0.39 is 0 Å². The van der Waals surface area contributed by atoms with Crippen LogP contribution < -0.4 is 5.32 Å². The third-order valence-electron chi connectivity index (χ3n) is 3.85. The molecule has 0 radical (unpaired) electrons. The molecule has 15 heavy (non-hydrogen) atoms. The van der Waals surface area contributed by atoms with E-state index >= 15 is 0 Å². The summed E-state index contributed by atoms with van der Waals surface area (Å²) in [5.74, 6) is 0. The highest BCUT2D eigenvalue weighted by atomic mass is 15.3. The van der Waals surface area contributed by atoms with Crippen molar-refractivity contribution in [3.05, 3.63) is 0 Å². The van der Waals surface area contributed by atoms with Gasteiger partial charge in [0.1, 0.15) is 0 Å². The maximum atomic E-state index is 3.39. The summed E-state index contributed by atoms with van der Waals surface area (Å²) in [6.07, 6.45) is 4.14. The van der Waals surface area contributed by atoms with Crippen LogP contribution in [0, 0.1) is 0 Å². The van der Waals surface area contributed by atoms with Crippen molar-refractivity contribution in [2.75, 3.05) is 39.8 Å². The summed E-state index contributed by atoms with van der Waals surface area (Å²) in [7, 11) is 2.08. The van der Waals surface area contributed by atoms with Gasteiger partial charge in [-0.3, -0.25) is 9.80 Å². The van der Waals surface area contributed by atoms with E-state index in [1.54, 1.807) is 0 Å². The van der Waals surface area contributed by atoms with Gasteiger partial charge in [0.05, 0.1) is 0 Å². The number of likely N-dealkylation sites (N-methyl/N-ethyl adjacent to an activating group) is 1. The molecular weight excluding hydrogens is 186 g/mol. The zero-order valence-electron chi connectivity index (χ0n) is 10.2. The molecule has 1 aliphatic carbocycles. The Kier molecular flexibility index (Phi) is 4.00. The summed E-state index contributed by atoms with van der Waals surface area (Å²) in [4.78, 5) is 5.29. The van der Waals surface area contributed by atoms with E-state index in [1.165, 1.54) is 52.0 Å². The van der Waals surface area contributed by atoms with Gasteiger partial charge in [0.2, 0.25) is 0 Å². The first-order valence-corrected chi connectivity index (χ1v) is 6.47. The average Bonchev–Trinajstić information content (AvgIpc) is 3.10. The Morgan fingerprint density at radius 3 is 2.33 bits per heavy atom. The summed E-state index contributed by atoms with van der Waals surface area (Å²) < 4.78 is 0. The van der Waals surface area contributed by atoms with Gasteiger partial charge < -0.3 is 5.32 Å². The Hall–Kier alpha value is -0.120. The van der Waals surface area contributed by atoms with Gasteiger partial charge in [-0.2, -0.15) is 0 Å². The van der Waals surface area contributed by atoms with Crippen molar-refractivity contribution >= 4 is 0 Å². The standard InChI is InChI=1S/C12H25N3/c1-3-11(13-2)10-14-6-8-15(9-7-14)12-4-5-12/h11-13H,3-10H2,1-2H3. The first-order chi connectivity index (χ1) is 7.33. The van der Waals surface area contributed by atoms with Gasteiger partial charge in [0.15, 0.2) is 0 Å². The third kappa shape index (κ3) is 3.16. The quantitative estimate of drug-likeness (QED) is 0.724. The summed E-state index contributed by atoms with van der Waals surface area (Å²) in [5.41, 5.74) is 0. The van der Waals surface area contributed by atoms with Crippen LogP contribution >= 0.6 is 0 Å². The highest BCUT2D eigenvalue weighted by molar-refractivity contribution is 4.88. The average molecular weight is 211 g/mol. The van der Waals surface area contributed by atoms with E-state index in [-0.39, 0.29) is 0 Å². The zero-order chi connectivity index (χ0) is 10.7. The molecular formula is C12H25N3. The predicted molar refractivity (Wildman–Crippen MR) is 64.2 cm³/mol. The summed E-state index contributed by atoms with van der Waals surface area (Å²) in [6, 6.07) is 1.64. The lowest BCUT2D eigenvalue weighted by Gasteiger charge is -2.36. The van der Waals surface area contributed by atoms with Crippen LogP contribution in [0.5, 0.6) is 0 Å². The molecule has 0 spiro atoms. The molecule has 0 aromatic carbocycles. The summed E-state index contributed by atoms with van der Waals surface area (Å²) in [5, 5.41) is 3.39. The fraction of sp³-hybridized carbons (Fsp3) is 1.00. The molecule has 0 bridgehead atoms. The molecule has 1 saturated carbocycles. The lowest BCUT2D eigenvalue weighted by atomic mass is 10.2. The molecule has 1 aliphatic heterocycles. The van der Waals surface area contributed by atoms with Gasteiger partial charge in [-0.1, -0.05) is 6.92 Å². The fourth-order valence-electron chi connectivity index (χ4n) is 2.49. The minimum atomic E-state index is 0.678. The van der Waals surface area contributed by atoms with Gasteiger partial charge in [-0.25, -0.2) is 0 Å². The van der Waals surface area contributed by atoms with E-state index in [9.17, 15) is 0 Å². The van der Waals surface area contributed by atoms with Gasteiger partial charge in [-0.05, 0) is 26.3 Å². The van der Waals surface area contributed by atoms with Crippen LogP contribution in [0.4, 0.5) is 0 Å². The van der Waals surface area contributed by atoms with Crippen LogP contribution in [0.3, 0.4) is 0 Å². The van der Waals surface area contributed by atoms with Gasteiger partial charge >= 0.3 is 0 Å². The van der Waals surface area contributed by atoms with Crippen molar-refractivity contribution in [1.29, 1.82) is 0 Å². The number of nitrogens with zero attached hydrogens (tertiary/aromatic N) is 2. The molecule has 88 valence electrons. The molecule has 1 atom stereocenters. The van der Waals surface area contributed by atoms with E-state index in [1.807, 2.05) is 0 Å². The van der Waals surface area contributed by atoms with Crippen molar-refractivity contribution in [3.63, 3.8) is 0 Å². The second kappa shape index (κ2) is 5.28. The molecule has 2 fully saturated rings. The van der Waals surface area contributed by atoms with Crippen LogP contribution in [0.2, 0.25) is 0 Å². The van der Waals surface area contributed by atoms with E-state index in [0.29, 0.717) is 6.04 Å². The molecule has 1 saturated heterocycles. The van der Waals surface area contributed by atoms with Gasteiger partial charge in [0.25, 0.3) is 0 Å². The Morgan fingerprint density at radius 2 is 1.87 bits per heavy atom. The molecule has 2 rings (SSSR count). The smallest absolute Gasteiger partial charge is 0.0189 e. The molecule has 0 aromatic rings. The first-order valence-electron chi connectivity index (χ1n) is 6.47. The van der Waals surface area contributed by atoms with Gasteiger partial charge in [0, 0.05) is 44.8 Å². The van der Waals surface area contributed by atoms with Crippen molar-refractivity contribution in [3.8, 4) is 0 Å². The monoisotopic (exact) mass is 211 g/mol. The van der Waals surface area contributed by atoms with Crippen molar-refractivity contribution in [1.82, 2.24) is 15.1 Å². The maximum Gasteiger partial charge on any atom is 0.0189 e. The van der Waals surface area contributed by atoms with E-state index in [0.717, 1.165) is 6.04 Å². The molecule has 0 aromatic heterocycles. The molecule has 3 nitrogen and oxygen atoms in total. The molecule has 3 heteroatoms. The van der Waals surface area contributed by atoms with Crippen LogP contribution in [-0.2, 0) is 0 Å². The number of nitrogens with one attached hydrogen (secondary N) is 1. The predicted octanol–water partition coefficient (Wildman–Crippen LogP) is 0.764. The van der Waals surface area contributed by atoms with E-state index in [4.69, 9.17) is 0 Å². The normalized spacial score (nSPS) is 26.8. The van der Waals surface area contributed by atoms with Crippen LogP contribution in [0.15, 0.2) is 0 Å². The van der Waals surface area contributed by atoms with Crippen LogP contribution in [0.1, 0.15) is 26.2 Å². The fourth-order valence-corrected chi connectivity index (χ4v) is 2.49. The SMILES string of the molecule is CCC(CN1CCN(C2CC2)CC1)NC. The van der Waals surface area contributed by atoms with Crippen LogP contribution in [-0.4, -0.2) is 61.7 Å². The second-order valence-corrected chi connectivity index (χ2v) is 4.96. The number of piperazine rings is 1. The van der Waals surface area contributed by atoms with Crippen LogP contribution in [0.25, 0.3) is 0 Å². The van der Waals surface area contributed by atoms with E-state index in [2.05, 4.69) is 29.1 Å². The lowest BCUT2D eigenvalue weighted by Crippen LogP contribution is -2.50. The Labute approximate surface area is 93.8 Å². The van der Waals surface area contributed by atoms with Crippen molar-refractivity contribution in [2.45, 2.75) is 38.3 Å². The Bertz CT molecular complexity index is 179. The highest BCUT2D eigenvalue weighted by Gasteiger charge is 2.31. The maximum absolute atomic E-state index is 3.39. The Balaban J connectivity index is 1.68. The largest absolute Gasteiger partial charge is 0.316 e. The minimum absolute atomic E-state index is 0.678. The topological polar surface area (TPSA) is 18.5 Å². The number of hydrogen-bond donors (Lipinski definition) is 1. The van der Waals surface area contributed by atoms with Crippen molar-refractivity contribution in [2.24, 2.45) is 0 Å². The number of rotatable bonds is 5. The Morgan fingerprint density at radius 1 is 1.20 bits per heavy atom. The second-order valence-electron chi connectivity index (χ2n) is 4.96. The molecule has 1 heterocycles. The summed E-state index contributed by atoms with van der Waals surface area (Å²) >= 11 is 0. The zero-order valence-corrected chi connectivity index (χ0v) is 10.2. The molecule has 2 aliphatic rings. The first kappa shape index (κ1) is 11.4. The third-order valence-corrected chi connectivity index (χ3v) is 3.85. The highest BCUT2D eigenvalue weighted by Crippen LogP contribution is 2.27.